The number of carbonyl (C=O) groups is 2. The number of piperidine rings is 1. The van der Waals surface area contributed by atoms with Crippen LogP contribution in [0.4, 0.5) is 5.69 Å². The first-order valence-electron chi connectivity index (χ1n) is 5.81. The van der Waals surface area contributed by atoms with Crippen molar-refractivity contribution < 1.29 is 18.0 Å². The van der Waals surface area contributed by atoms with Gasteiger partial charge in [0.2, 0.25) is 21.8 Å². The van der Waals surface area contributed by atoms with Crippen LogP contribution in [0, 0.1) is 0 Å². The molecule has 4 N–H and O–H groups in total. The molecule has 1 unspecified atom stereocenters. The van der Waals surface area contributed by atoms with Gasteiger partial charge >= 0.3 is 0 Å². The van der Waals surface area contributed by atoms with Crippen LogP contribution in [-0.4, -0.2) is 26.3 Å². The number of rotatable bonds is 3. The van der Waals surface area contributed by atoms with E-state index in [1.165, 1.54) is 12.1 Å². The van der Waals surface area contributed by atoms with Crippen LogP contribution in [0.1, 0.15) is 12.8 Å². The number of carbonyl (C=O) groups excluding carboxylic acids is 2. The first-order valence-corrected chi connectivity index (χ1v) is 8.05. The molecule has 1 aromatic rings. The molecule has 1 fully saturated rings. The van der Waals surface area contributed by atoms with Crippen molar-refractivity contribution in [2.75, 3.05) is 5.73 Å². The lowest BCUT2D eigenvalue weighted by atomic mass is 10.1. The largest absolute Gasteiger partial charge is 0.398 e. The van der Waals surface area contributed by atoms with Gasteiger partial charge in [0.25, 0.3) is 0 Å². The zero-order valence-electron chi connectivity index (χ0n) is 10.5. The third-order valence-corrected chi connectivity index (χ3v) is 5.06. The van der Waals surface area contributed by atoms with Crippen LogP contribution in [0.2, 0.25) is 10.0 Å². The maximum atomic E-state index is 12.3. The average molecular weight is 352 g/mol. The minimum absolute atomic E-state index is 0.0444. The monoisotopic (exact) mass is 351 g/mol. The molecule has 114 valence electrons. The van der Waals surface area contributed by atoms with Gasteiger partial charge in [-0.05, 0) is 18.6 Å². The predicted octanol–water partition coefficient (Wildman–Crippen LogP) is 0.659. The number of hydrogen-bond acceptors (Lipinski definition) is 5. The van der Waals surface area contributed by atoms with Crippen molar-refractivity contribution in [1.29, 1.82) is 0 Å². The molecule has 1 heterocycles. The van der Waals surface area contributed by atoms with Gasteiger partial charge in [0.15, 0.2) is 0 Å². The van der Waals surface area contributed by atoms with E-state index in [2.05, 4.69) is 10.0 Å². The van der Waals surface area contributed by atoms with E-state index < -0.39 is 27.9 Å². The quantitative estimate of drug-likeness (QED) is 0.546. The molecule has 0 bridgehead atoms. The average Bonchev–Trinajstić information content (AvgIpc) is 2.30. The third-order valence-electron chi connectivity index (χ3n) is 2.84. The van der Waals surface area contributed by atoms with E-state index >= 15 is 0 Å². The summed E-state index contributed by atoms with van der Waals surface area (Å²) in [5, 5.41) is 2.09. The molecule has 0 saturated carbocycles. The van der Waals surface area contributed by atoms with Crippen LogP contribution in [0.15, 0.2) is 17.0 Å². The standard InChI is InChI=1S/C11H11Cl2N3O4S/c12-5-3-6(13)10(7(14)4-5)21(19,20)16-8-1-2-9(17)15-11(8)18/h3-4,8,16H,1-2,14H2,(H,15,17,18). The lowest BCUT2D eigenvalue weighted by molar-refractivity contribution is -0.134. The highest BCUT2D eigenvalue weighted by Crippen LogP contribution is 2.31. The molecule has 1 aromatic carbocycles. The number of nitrogen functional groups attached to an aromatic ring is 1. The Morgan fingerprint density at radius 3 is 2.52 bits per heavy atom. The lowest BCUT2D eigenvalue weighted by Crippen LogP contribution is -2.52. The van der Waals surface area contributed by atoms with Gasteiger partial charge in [0, 0.05) is 11.4 Å². The summed E-state index contributed by atoms with van der Waals surface area (Å²) >= 11 is 11.6. The summed E-state index contributed by atoms with van der Waals surface area (Å²) in [6.45, 7) is 0. The van der Waals surface area contributed by atoms with Gasteiger partial charge < -0.3 is 5.73 Å². The number of amides is 2. The lowest BCUT2D eigenvalue weighted by Gasteiger charge is -2.22. The van der Waals surface area contributed by atoms with Crippen molar-refractivity contribution >= 4 is 50.7 Å². The first kappa shape index (κ1) is 16.0. The van der Waals surface area contributed by atoms with E-state index in [0.29, 0.717) is 0 Å². The Hall–Kier alpha value is -1.35. The molecule has 0 aromatic heterocycles. The minimum Gasteiger partial charge on any atom is -0.398 e. The molecule has 0 aliphatic carbocycles. The summed E-state index contributed by atoms with van der Waals surface area (Å²) in [6.07, 6.45) is 0.109. The van der Waals surface area contributed by atoms with Gasteiger partial charge in [-0.25, -0.2) is 8.42 Å². The second-order valence-electron chi connectivity index (χ2n) is 4.43. The Morgan fingerprint density at radius 1 is 1.29 bits per heavy atom. The second-order valence-corrected chi connectivity index (χ2v) is 6.93. The van der Waals surface area contributed by atoms with Crippen LogP contribution in [-0.2, 0) is 19.6 Å². The van der Waals surface area contributed by atoms with E-state index in [1.54, 1.807) is 0 Å². The van der Waals surface area contributed by atoms with E-state index in [-0.39, 0.29) is 33.5 Å². The maximum Gasteiger partial charge on any atom is 0.244 e. The fourth-order valence-electron chi connectivity index (χ4n) is 1.92. The summed E-state index contributed by atoms with van der Waals surface area (Å²) in [4.78, 5) is 22.3. The van der Waals surface area contributed by atoms with Crippen LogP contribution in [0.25, 0.3) is 0 Å². The van der Waals surface area contributed by atoms with Gasteiger partial charge in [-0.1, -0.05) is 23.2 Å². The van der Waals surface area contributed by atoms with Crippen LogP contribution < -0.4 is 15.8 Å². The number of imide groups is 1. The fourth-order valence-corrected chi connectivity index (χ4v) is 4.13. The highest BCUT2D eigenvalue weighted by Gasteiger charge is 2.32. The molecule has 2 amide bonds. The van der Waals surface area contributed by atoms with E-state index in [1.807, 2.05) is 0 Å². The molecule has 1 aliphatic rings. The summed E-state index contributed by atoms with van der Waals surface area (Å²) < 4.78 is 26.8. The number of sulfonamides is 1. The molecule has 0 spiro atoms. The molecule has 10 heteroatoms. The fraction of sp³-hybridized carbons (Fsp3) is 0.273. The molecule has 21 heavy (non-hydrogen) atoms. The maximum absolute atomic E-state index is 12.3. The van der Waals surface area contributed by atoms with Crippen molar-refractivity contribution in [2.24, 2.45) is 0 Å². The van der Waals surface area contributed by atoms with E-state index in [0.717, 1.165) is 0 Å². The minimum atomic E-state index is -4.13. The van der Waals surface area contributed by atoms with Crippen molar-refractivity contribution in [1.82, 2.24) is 10.0 Å². The Balaban J connectivity index is 2.31. The van der Waals surface area contributed by atoms with Crippen molar-refractivity contribution in [3.8, 4) is 0 Å². The number of nitrogens with one attached hydrogen (secondary N) is 2. The van der Waals surface area contributed by atoms with Crippen LogP contribution >= 0.6 is 23.2 Å². The van der Waals surface area contributed by atoms with E-state index in [4.69, 9.17) is 28.9 Å². The van der Waals surface area contributed by atoms with Crippen LogP contribution in [0.5, 0.6) is 0 Å². The van der Waals surface area contributed by atoms with Crippen molar-refractivity contribution in [3.05, 3.63) is 22.2 Å². The number of halogens is 2. The Kier molecular flexibility index (Phi) is 4.43. The van der Waals surface area contributed by atoms with Crippen molar-refractivity contribution in [3.63, 3.8) is 0 Å². The van der Waals surface area contributed by atoms with Crippen LogP contribution in [0.3, 0.4) is 0 Å². The summed E-state index contributed by atoms with van der Waals surface area (Å²) in [7, 11) is -4.13. The normalized spacial score (nSPS) is 19.4. The number of hydrogen-bond donors (Lipinski definition) is 3. The third kappa shape index (κ3) is 3.46. The molecule has 1 atom stereocenters. The van der Waals surface area contributed by atoms with Gasteiger partial charge in [0.05, 0.1) is 10.7 Å². The van der Waals surface area contributed by atoms with Gasteiger partial charge in [-0.2, -0.15) is 4.72 Å². The molecule has 7 nitrogen and oxygen atoms in total. The number of nitrogens with two attached hydrogens (primary N) is 1. The first-order chi connectivity index (χ1) is 9.70. The highest BCUT2D eigenvalue weighted by atomic mass is 35.5. The van der Waals surface area contributed by atoms with Gasteiger partial charge in [-0.15, -0.1) is 0 Å². The van der Waals surface area contributed by atoms with Gasteiger partial charge in [0.1, 0.15) is 10.9 Å². The molecular weight excluding hydrogens is 341 g/mol. The molecule has 0 radical (unpaired) electrons. The molecule has 2 rings (SSSR count). The Bertz CT molecular complexity index is 697. The second kappa shape index (κ2) is 5.80. The topological polar surface area (TPSA) is 118 Å². The molecule has 1 saturated heterocycles. The number of anilines is 1. The zero-order chi connectivity index (χ0) is 15.8. The highest BCUT2D eigenvalue weighted by molar-refractivity contribution is 7.89. The zero-order valence-corrected chi connectivity index (χ0v) is 12.8. The summed E-state index contributed by atoms with van der Waals surface area (Å²) in [5.41, 5.74) is 5.50. The summed E-state index contributed by atoms with van der Waals surface area (Å²) in [6, 6.07) is 1.42. The number of benzene rings is 1. The summed E-state index contributed by atoms with van der Waals surface area (Å²) in [5.74, 6) is -1.15. The molecule has 1 aliphatic heterocycles. The van der Waals surface area contributed by atoms with E-state index in [9.17, 15) is 18.0 Å². The SMILES string of the molecule is Nc1cc(Cl)cc(Cl)c1S(=O)(=O)NC1CCC(=O)NC1=O. The Morgan fingerprint density at radius 2 is 1.95 bits per heavy atom. The Labute approximate surface area is 130 Å². The predicted molar refractivity (Wildman–Crippen MR) is 77.4 cm³/mol. The smallest absolute Gasteiger partial charge is 0.244 e. The van der Waals surface area contributed by atoms with Crippen molar-refractivity contribution in [2.45, 2.75) is 23.8 Å². The van der Waals surface area contributed by atoms with Gasteiger partial charge in [-0.3, -0.25) is 14.9 Å². The molecular formula is C11H11Cl2N3O4S.